The Kier molecular flexibility index (Phi) is 5.28. The zero-order valence-electron chi connectivity index (χ0n) is 14.2. The minimum absolute atomic E-state index is 0.217. The average Bonchev–Trinajstić information content (AvgIpc) is 2.66. The van der Waals surface area contributed by atoms with E-state index in [0.717, 1.165) is 5.75 Å². The van der Waals surface area contributed by atoms with Crippen molar-refractivity contribution in [1.29, 1.82) is 0 Å². The summed E-state index contributed by atoms with van der Waals surface area (Å²) in [5, 5.41) is 2.83. The zero-order chi connectivity index (χ0) is 17.6. The Hall–Kier alpha value is -2.89. The zero-order valence-corrected chi connectivity index (χ0v) is 14.2. The van der Waals surface area contributed by atoms with Gasteiger partial charge in [-0.05, 0) is 31.2 Å². The minimum Gasteiger partial charge on any atom is -0.497 e. The minimum atomic E-state index is -0.635. The number of para-hydroxylation sites is 2. The number of hydrogen-bond acceptors (Lipinski definition) is 5. The van der Waals surface area contributed by atoms with Crippen LogP contribution in [-0.4, -0.2) is 38.4 Å². The number of methoxy groups -OCH3 is 1. The topological polar surface area (TPSA) is 66.0 Å². The number of hydrogen-bond donors (Lipinski definition) is 1. The van der Waals surface area contributed by atoms with Gasteiger partial charge in [0.2, 0.25) is 0 Å². The van der Waals surface area contributed by atoms with Gasteiger partial charge >= 0.3 is 0 Å². The van der Waals surface area contributed by atoms with Gasteiger partial charge in [0.05, 0.1) is 13.7 Å². The van der Waals surface area contributed by atoms with Crippen LogP contribution in [0.25, 0.3) is 0 Å². The van der Waals surface area contributed by atoms with Crippen molar-refractivity contribution in [3.05, 3.63) is 48.5 Å². The van der Waals surface area contributed by atoms with E-state index in [9.17, 15) is 4.79 Å². The van der Waals surface area contributed by atoms with Crippen LogP contribution in [0, 0.1) is 0 Å². The van der Waals surface area contributed by atoms with E-state index in [2.05, 4.69) is 5.32 Å². The van der Waals surface area contributed by atoms with Gasteiger partial charge < -0.3 is 24.3 Å². The molecule has 1 aliphatic rings. The van der Waals surface area contributed by atoms with Crippen LogP contribution in [0.3, 0.4) is 0 Å². The monoisotopic (exact) mass is 343 g/mol. The number of amides is 1. The van der Waals surface area contributed by atoms with E-state index in [0.29, 0.717) is 30.4 Å². The summed E-state index contributed by atoms with van der Waals surface area (Å²) in [6.45, 7) is 2.43. The van der Waals surface area contributed by atoms with Crippen molar-refractivity contribution in [3.63, 3.8) is 0 Å². The molecular formula is C19H21NO5. The Morgan fingerprint density at radius 3 is 2.76 bits per heavy atom. The number of nitrogens with one attached hydrogen (secondary N) is 1. The highest BCUT2D eigenvalue weighted by Crippen LogP contribution is 2.30. The molecule has 0 bridgehead atoms. The largest absolute Gasteiger partial charge is 0.497 e. The molecule has 1 amide bonds. The summed E-state index contributed by atoms with van der Waals surface area (Å²) in [4.78, 5) is 12.2. The molecule has 25 heavy (non-hydrogen) atoms. The second kappa shape index (κ2) is 7.79. The van der Waals surface area contributed by atoms with Crippen molar-refractivity contribution in [2.45, 2.75) is 19.1 Å². The number of ether oxygens (including phenoxy) is 4. The lowest BCUT2D eigenvalue weighted by Gasteiger charge is -2.27. The standard InChI is InChI=1S/C19H21NO5/c1-13(24-15-7-5-6-14(10-15)22-2)19(21)20-11-16-12-23-17-8-3-4-9-18(17)25-16/h3-10,13,16H,11-12H2,1-2H3,(H,20,21)/t13-,16-/m1/s1. The molecule has 6 nitrogen and oxygen atoms in total. The molecule has 0 saturated carbocycles. The van der Waals surface area contributed by atoms with Crippen LogP contribution in [0.15, 0.2) is 48.5 Å². The van der Waals surface area contributed by atoms with Crippen molar-refractivity contribution in [3.8, 4) is 23.0 Å². The summed E-state index contributed by atoms with van der Waals surface area (Å²) >= 11 is 0. The maximum atomic E-state index is 12.2. The molecule has 0 aromatic heterocycles. The second-order valence-electron chi connectivity index (χ2n) is 5.68. The second-order valence-corrected chi connectivity index (χ2v) is 5.68. The highest BCUT2D eigenvalue weighted by molar-refractivity contribution is 5.80. The van der Waals surface area contributed by atoms with Gasteiger partial charge in [-0.1, -0.05) is 18.2 Å². The lowest BCUT2D eigenvalue weighted by atomic mass is 10.2. The van der Waals surface area contributed by atoms with E-state index in [1.165, 1.54) is 0 Å². The maximum absolute atomic E-state index is 12.2. The first-order valence-corrected chi connectivity index (χ1v) is 8.12. The van der Waals surface area contributed by atoms with Crippen LogP contribution in [0.2, 0.25) is 0 Å². The first-order valence-electron chi connectivity index (χ1n) is 8.12. The van der Waals surface area contributed by atoms with E-state index in [1.54, 1.807) is 26.2 Å². The fraction of sp³-hybridized carbons (Fsp3) is 0.316. The fourth-order valence-corrected chi connectivity index (χ4v) is 2.45. The molecule has 1 aliphatic heterocycles. The van der Waals surface area contributed by atoms with E-state index >= 15 is 0 Å². The van der Waals surface area contributed by atoms with Gasteiger partial charge in [-0.2, -0.15) is 0 Å². The van der Waals surface area contributed by atoms with Crippen molar-refractivity contribution in [2.75, 3.05) is 20.3 Å². The normalized spacial score (nSPS) is 16.6. The highest BCUT2D eigenvalue weighted by Gasteiger charge is 2.22. The molecule has 0 fully saturated rings. The van der Waals surface area contributed by atoms with Crippen LogP contribution in [-0.2, 0) is 4.79 Å². The molecule has 2 aromatic carbocycles. The molecule has 0 radical (unpaired) electrons. The summed E-state index contributed by atoms with van der Waals surface area (Å²) in [6, 6.07) is 14.6. The predicted octanol–water partition coefficient (Wildman–Crippen LogP) is 2.42. The van der Waals surface area contributed by atoms with Gasteiger partial charge in [0, 0.05) is 6.07 Å². The van der Waals surface area contributed by atoms with Crippen molar-refractivity contribution >= 4 is 5.91 Å². The van der Waals surface area contributed by atoms with Crippen LogP contribution >= 0.6 is 0 Å². The molecule has 1 N–H and O–H groups in total. The van der Waals surface area contributed by atoms with Gasteiger partial charge in [0.1, 0.15) is 24.2 Å². The Labute approximate surface area is 146 Å². The SMILES string of the molecule is COc1cccc(O[C@H](C)C(=O)NC[C@@H]2COc3ccccc3O2)c1. The Bertz CT molecular complexity index is 733. The predicted molar refractivity (Wildman–Crippen MR) is 92.4 cm³/mol. The van der Waals surface area contributed by atoms with Crippen molar-refractivity contribution in [2.24, 2.45) is 0 Å². The molecule has 132 valence electrons. The number of benzene rings is 2. The molecule has 0 unspecified atom stereocenters. The molecule has 0 saturated heterocycles. The quantitative estimate of drug-likeness (QED) is 0.873. The summed E-state index contributed by atoms with van der Waals surface area (Å²) in [6.07, 6.45) is -0.869. The first-order chi connectivity index (χ1) is 12.2. The smallest absolute Gasteiger partial charge is 0.260 e. The molecule has 0 spiro atoms. The lowest BCUT2D eigenvalue weighted by molar-refractivity contribution is -0.127. The Balaban J connectivity index is 1.49. The highest BCUT2D eigenvalue weighted by atomic mass is 16.6. The summed E-state index contributed by atoms with van der Waals surface area (Å²) in [5.74, 6) is 2.45. The third-order valence-electron chi connectivity index (χ3n) is 3.79. The molecule has 1 heterocycles. The Morgan fingerprint density at radius 2 is 1.96 bits per heavy atom. The molecule has 2 atom stereocenters. The fourth-order valence-electron chi connectivity index (χ4n) is 2.45. The van der Waals surface area contributed by atoms with E-state index in [1.807, 2.05) is 36.4 Å². The van der Waals surface area contributed by atoms with Crippen LogP contribution in [0.4, 0.5) is 0 Å². The first kappa shape index (κ1) is 17.0. The molecule has 0 aliphatic carbocycles. The third-order valence-corrected chi connectivity index (χ3v) is 3.79. The van der Waals surface area contributed by atoms with E-state index in [-0.39, 0.29) is 12.0 Å². The van der Waals surface area contributed by atoms with Crippen LogP contribution < -0.4 is 24.3 Å². The van der Waals surface area contributed by atoms with E-state index in [4.69, 9.17) is 18.9 Å². The molecular weight excluding hydrogens is 322 g/mol. The molecule has 3 rings (SSSR count). The van der Waals surface area contributed by atoms with E-state index < -0.39 is 6.10 Å². The van der Waals surface area contributed by atoms with Crippen molar-refractivity contribution in [1.82, 2.24) is 5.32 Å². The summed E-state index contributed by atoms with van der Waals surface area (Å²) in [5.41, 5.74) is 0. The van der Waals surface area contributed by atoms with Gasteiger partial charge in [-0.3, -0.25) is 4.79 Å². The molecule has 2 aromatic rings. The van der Waals surface area contributed by atoms with Gasteiger partial charge in [-0.25, -0.2) is 0 Å². The van der Waals surface area contributed by atoms with Gasteiger partial charge in [0.25, 0.3) is 5.91 Å². The number of rotatable bonds is 6. The van der Waals surface area contributed by atoms with Gasteiger partial charge in [-0.15, -0.1) is 0 Å². The van der Waals surface area contributed by atoms with Crippen molar-refractivity contribution < 1.29 is 23.7 Å². The third kappa shape index (κ3) is 4.35. The summed E-state index contributed by atoms with van der Waals surface area (Å²) < 4.78 is 22.2. The number of fused-ring (bicyclic) bond motifs is 1. The van der Waals surface area contributed by atoms with Crippen LogP contribution in [0.1, 0.15) is 6.92 Å². The number of carbonyl (C=O) groups is 1. The van der Waals surface area contributed by atoms with Gasteiger partial charge in [0.15, 0.2) is 17.6 Å². The van der Waals surface area contributed by atoms with Crippen LogP contribution in [0.5, 0.6) is 23.0 Å². The molecule has 6 heteroatoms. The number of carbonyl (C=O) groups excluding carboxylic acids is 1. The average molecular weight is 343 g/mol. The Morgan fingerprint density at radius 1 is 1.20 bits per heavy atom. The lowest BCUT2D eigenvalue weighted by Crippen LogP contribution is -2.44. The summed E-state index contributed by atoms with van der Waals surface area (Å²) in [7, 11) is 1.58. The maximum Gasteiger partial charge on any atom is 0.260 e.